The van der Waals surface area contributed by atoms with Gasteiger partial charge in [-0.2, -0.15) is 5.10 Å². The summed E-state index contributed by atoms with van der Waals surface area (Å²) in [6.07, 6.45) is 1.82. The Labute approximate surface area is 165 Å². The van der Waals surface area contributed by atoms with E-state index in [0.717, 1.165) is 5.69 Å². The zero-order chi connectivity index (χ0) is 20.2. The standard InChI is InChI=1S/C19H19N7O3/c1-13-8-11-26(24-13)17-7-6-16(22-23-17)20-9-10-21-18(27)12-25-14-4-2-3-5-15(14)29-19(25)28/h2-8,11H,9-10,12H2,1H3,(H,20,22)(H,21,27). The molecule has 2 N–H and O–H groups in total. The zero-order valence-corrected chi connectivity index (χ0v) is 15.7. The summed E-state index contributed by atoms with van der Waals surface area (Å²) >= 11 is 0. The van der Waals surface area contributed by atoms with Gasteiger partial charge in [-0.15, -0.1) is 10.2 Å². The van der Waals surface area contributed by atoms with Gasteiger partial charge in [0.05, 0.1) is 11.2 Å². The molecule has 1 amide bonds. The summed E-state index contributed by atoms with van der Waals surface area (Å²) in [4.78, 5) is 24.0. The molecule has 148 valence electrons. The smallest absolute Gasteiger partial charge is 0.408 e. The van der Waals surface area contributed by atoms with E-state index in [4.69, 9.17) is 4.42 Å². The summed E-state index contributed by atoms with van der Waals surface area (Å²) in [7, 11) is 0. The highest BCUT2D eigenvalue weighted by Crippen LogP contribution is 2.11. The van der Waals surface area contributed by atoms with Crippen molar-refractivity contribution >= 4 is 22.8 Å². The Morgan fingerprint density at radius 1 is 1.10 bits per heavy atom. The number of rotatable bonds is 7. The average Bonchev–Trinajstić information content (AvgIpc) is 3.29. The van der Waals surface area contributed by atoms with Crippen molar-refractivity contribution in [2.75, 3.05) is 18.4 Å². The van der Waals surface area contributed by atoms with E-state index in [1.165, 1.54) is 4.57 Å². The molecule has 0 aliphatic heterocycles. The molecule has 4 rings (SSSR count). The zero-order valence-electron chi connectivity index (χ0n) is 15.7. The number of aromatic nitrogens is 5. The van der Waals surface area contributed by atoms with Crippen LogP contribution in [0.15, 0.2) is 57.9 Å². The maximum atomic E-state index is 12.1. The van der Waals surface area contributed by atoms with Gasteiger partial charge in [-0.05, 0) is 37.3 Å². The third-order valence-corrected chi connectivity index (χ3v) is 4.24. The van der Waals surface area contributed by atoms with Crippen LogP contribution in [0.1, 0.15) is 5.69 Å². The van der Waals surface area contributed by atoms with Gasteiger partial charge in [0.1, 0.15) is 12.4 Å². The number of carbonyl (C=O) groups excluding carboxylic acids is 1. The number of hydrogen-bond donors (Lipinski definition) is 2. The van der Waals surface area contributed by atoms with E-state index in [1.54, 1.807) is 41.1 Å². The van der Waals surface area contributed by atoms with Crippen LogP contribution in [-0.2, 0) is 11.3 Å². The summed E-state index contributed by atoms with van der Waals surface area (Å²) in [6, 6.07) is 12.5. The van der Waals surface area contributed by atoms with Crippen LogP contribution >= 0.6 is 0 Å². The molecule has 0 saturated heterocycles. The molecule has 0 saturated carbocycles. The number of carbonyl (C=O) groups is 1. The Hall–Kier alpha value is -3.95. The number of amides is 1. The predicted molar refractivity (Wildman–Crippen MR) is 106 cm³/mol. The van der Waals surface area contributed by atoms with Crippen molar-refractivity contribution in [2.45, 2.75) is 13.5 Å². The first-order chi connectivity index (χ1) is 14.1. The number of aryl methyl sites for hydroxylation is 1. The molecule has 0 bridgehead atoms. The average molecular weight is 393 g/mol. The Bertz CT molecular complexity index is 1190. The van der Waals surface area contributed by atoms with Crippen LogP contribution in [-0.4, -0.2) is 43.5 Å². The topological polar surface area (TPSA) is 120 Å². The van der Waals surface area contributed by atoms with Crippen molar-refractivity contribution in [3.05, 3.63) is 64.9 Å². The van der Waals surface area contributed by atoms with E-state index < -0.39 is 5.76 Å². The Balaban J connectivity index is 1.26. The number of oxazole rings is 1. The lowest BCUT2D eigenvalue weighted by molar-refractivity contribution is -0.121. The van der Waals surface area contributed by atoms with E-state index in [-0.39, 0.29) is 12.5 Å². The van der Waals surface area contributed by atoms with Crippen molar-refractivity contribution in [1.29, 1.82) is 0 Å². The van der Waals surface area contributed by atoms with E-state index >= 15 is 0 Å². The Kier molecular flexibility index (Phi) is 5.06. The van der Waals surface area contributed by atoms with Crippen LogP contribution < -0.4 is 16.4 Å². The van der Waals surface area contributed by atoms with Gasteiger partial charge < -0.3 is 15.1 Å². The van der Waals surface area contributed by atoms with Gasteiger partial charge in [0.25, 0.3) is 0 Å². The number of benzene rings is 1. The number of para-hydroxylation sites is 2. The number of nitrogens with zero attached hydrogens (tertiary/aromatic N) is 5. The molecule has 10 heteroatoms. The second-order valence-electron chi connectivity index (χ2n) is 6.38. The minimum atomic E-state index is -0.554. The molecule has 10 nitrogen and oxygen atoms in total. The van der Waals surface area contributed by atoms with Crippen LogP contribution in [0.5, 0.6) is 0 Å². The highest BCUT2D eigenvalue weighted by Gasteiger charge is 2.11. The Morgan fingerprint density at radius 3 is 2.72 bits per heavy atom. The van der Waals surface area contributed by atoms with Gasteiger partial charge in [-0.1, -0.05) is 12.1 Å². The van der Waals surface area contributed by atoms with Crippen molar-refractivity contribution in [2.24, 2.45) is 0 Å². The van der Waals surface area contributed by atoms with Crippen LogP contribution in [0.3, 0.4) is 0 Å². The molecule has 0 radical (unpaired) electrons. The van der Waals surface area contributed by atoms with E-state index in [0.29, 0.717) is 35.8 Å². The van der Waals surface area contributed by atoms with Crippen LogP contribution in [0.4, 0.5) is 5.82 Å². The molecule has 0 unspecified atom stereocenters. The monoisotopic (exact) mass is 393 g/mol. The van der Waals surface area contributed by atoms with Gasteiger partial charge >= 0.3 is 5.76 Å². The third kappa shape index (κ3) is 4.15. The Morgan fingerprint density at radius 2 is 1.97 bits per heavy atom. The fourth-order valence-corrected chi connectivity index (χ4v) is 2.84. The molecule has 0 fully saturated rings. The fraction of sp³-hybridized carbons (Fsp3) is 0.211. The number of hydrogen-bond acceptors (Lipinski definition) is 7. The third-order valence-electron chi connectivity index (χ3n) is 4.24. The lowest BCUT2D eigenvalue weighted by Gasteiger charge is -2.08. The largest absolute Gasteiger partial charge is 0.420 e. The molecular weight excluding hydrogens is 374 g/mol. The number of fused-ring (bicyclic) bond motifs is 1. The molecule has 29 heavy (non-hydrogen) atoms. The first-order valence-corrected chi connectivity index (χ1v) is 9.05. The van der Waals surface area contributed by atoms with Gasteiger partial charge in [-0.25, -0.2) is 9.48 Å². The first-order valence-electron chi connectivity index (χ1n) is 9.05. The summed E-state index contributed by atoms with van der Waals surface area (Å²) in [6.45, 7) is 2.63. The van der Waals surface area contributed by atoms with Crippen LogP contribution in [0, 0.1) is 6.92 Å². The van der Waals surface area contributed by atoms with Gasteiger partial charge in [-0.3, -0.25) is 9.36 Å². The SMILES string of the molecule is Cc1ccn(-c2ccc(NCCNC(=O)Cn3c(=O)oc4ccccc43)nn2)n1. The van der Waals surface area contributed by atoms with Crippen molar-refractivity contribution in [3.63, 3.8) is 0 Å². The van der Waals surface area contributed by atoms with Crippen LogP contribution in [0.25, 0.3) is 16.9 Å². The highest BCUT2D eigenvalue weighted by molar-refractivity contribution is 5.79. The molecule has 3 heterocycles. The molecule has 0 atom stereocenters. The van der Waals surface area contributed by atoms with E-state index in [9.17, 15) is 9.59 Å². The van der Waals surface area contributed by atoms with E-state index in [2.05, 4.69) is 25.9 Å². The minimum absolute atomic E-state index is 0.104. The predicted octanol–water partition coefficient (Wildman–Crippen LogP) is 1.11. The van der Waals surface area contributed by atoms with Crippen molar-refractivity contribution < 1.29 is 9.21 Å². The number of anilines is 1. The lowest BCUT2D eigenvalue weighted by atomic mass is 10.3. The maximum absolute atomic E-state index is 12.1. The summed E-state index contributed by atoms with van der Waals surface area (Å²) in [5.41, 5.74) is 1.95. The normalized spacial score (nSPS) is 10.9. The molecule has 0 spiro atoms. The summed E-state index contributed by atoms with van der Waals surface area (Å²) in [5.74, 6) is 0.372. The quantitative estimate of drug-likeness (QED) is 0.451. The van der Waals surface area contributed by atoms with Crippen molar-refractivity contribution in [3.8, 4) is 5.82 Å². The molecule has 3 aromatic heterocycles. The van der Waals surface area contributed by atoms with Crippen molar-refractivity contribution in [1.82, 2.24) is 29.9 Å². The molecular formula is C19H19N7O3. The fourth-order valence-electron chi connectivity index (χ4n) is 2.84. The molecule has 4 aromatic rings. The maximum Gasteiger partial charge on any atom is 0.420 e. The summed E-state index contributed by atoms with van der Waals surface area (Å²) < 4.78 is 8.07. The number of nitrogens with one attached hydrogen (secondary N) is 2. The second-order valence-corrected chi connectivity index (χ2v) is 6.38. The molecule has 1 aromatic carbocycles. The highest BCUT2D eigenvalue weighted by atomic mass is 16.4. The summed E-state index contributed by atoms with van der Waals surface area (Å²) in [5, 5.41) is 18.3. The molecule has 0 aliphatic rings. The van der Waals surface area contributed by atoms with Gasteiger partial charge in [0.2, 0.25) is 5.91 Å². The molecule has 0 aliphatic carbocycles. The second kappa shape index (κ2) is 7.97. The van der Waals surface area contributed by atoms with Crippen LogP contribution in [0.2, 0.25) is 0 Å². The first kappa shape index (κ1) is 18.4. The van der Waals surface area contributed by atoms with E-state index in [1.807, 2.05) is 19.2 Å². The lowest BCUT2D eigenvalue weighted by Crippen LogP contribution is -2.33. The minimum Gasteiger partial charge on any atom is -0.408 e. The van der Waals surface area contributed by atoms with Gasteiger partial charge in [0.15, 0.2) is 11.4 Å². The van der Waals surface area contributed by atoms with Gasteiger partial charge in [0, 0.05) is 19.3 Å².